The van der Waals surface area contributed by atoms with Crippen molar-refractivity contribution in [1.82, 2.24) is 0 Å². The van der Waals surface area contributed by atoms with Crippen molar-refractivity contribution in [3.63, 3.8) is 0 Å². The summed E-state index contributed by atoms with van der Waals surface area (Å²) in [5.41, 5.74) is 7.72. The number of fused-ring (bicyclic) bond motifs is 1. The molecule has 5 heteroatoms. The SMILES string of the molecule is Cc1cc2c(C)c(CC(=O)O)c(=O)oc2cc1N. The quantitative estimate of drug-likeness (QED) is 0.621. The van der Waals surface area contributed by atoms with Gasteiger partial charge in [-0.15, -0.1) is 0 Å². The number of carboxylic acid groups (broad SMARTS) is 1. The Morgan fingerprint density at radius 1 is 1.39 bits per heavy atom. The van der Waals surface area contributed by atoms with Gasteiger partial charge in [0.2, 0.25) is 0 Å². The number of hydrogen-bond donors (Lipinski definition) is 2. The Morgan fingerprint density at radius 3 is 2.67 bits per heavy atom. The Labute approximate surface area is 103 Å². The van der Waals surface area contributed by atoms with Crippen molar-refractivity contribution in [3.05, 3.63) is 39.2 Å². The molecule has 0 unspecified atom stereocenters. The lowest BCUT2D eigenvalue weighted by Gasteiger charge is -2.08. The van der Waals surface area contributed by atoms with Crippen LogP contribution in [-0.2, 0) is 11.2 Å². The summed E-state index contributed by atoms with van der Waals surface area (Å²) in [6.07, 6.45) is -0.340. The number of carboxylic acids is 1. The lowest BCUT2D eigenvalue weighted by Crippen LogP contribution is -2.15. The number of nitrogens with two attached hydrogens (primary N) is 1. The molecule has 1 aromatic carbocycles. The van der Waals surface area contributed by atoms with Crippen molar-refractivity contribution >= 4 is 22.6 Å². The van der Waals surface area contributed by atoms with Crippen LogP contribution in [0.5, 0.6) is 0 Å². The largest absolute Gasteiger partial charge is 0.481 e. The molecule has 0 saturated carbocycles. The van der Waals surface area contributed by atoms with Crippen molar-refractivity contribution in [2.75, 3.05) is 5.73 Å². The number of aryl methyl sites for hydroxylation is 2. The zero-order valence-electron chi connectivity index (χ0n) is 10.1. The van der Waals surface area contributed by atoms with Crippen molar-refractivity contribution in [2.45, 2.75) is 20.3 Å². The number of benzene rings is 1. The highest BCUT2D eigenvalue weighted by molar-refractivity contribution is 5.86. The second kappa shape index (κ2) is 4.18. The van der Waals surface area contributed by atoms with E-state index in [2.05, 4.69) is 0 Å². The molecule has 0 saturated heterocycles. The first-order valence-electron chi connectivity index (χ1n) is 5.44. The van der Waals surface area contributed by atoms with Gasteiger partial charge in [0.25, 0.3) is 0 Å². The molecule has 5 nitrogen and oxygen atoms in total. The Morgan fingerprint density at radius 2 is 2.06 bits per heavy atom. The van der Waals surface area contributed by atoms with E-state index in [9.17, 15) is 9.59 Å². The number of aliphatic carboxylic acids is 1. The van der Waals surface area contributed by atoms with Gasteiger partial charge in [-0.2, -0.15) is 0 Å². The summed E-state index contributed by atoms with van der Waals surface area (Å²) >= 11 is 0. The Bertz CT molecular complexity index is 700. The van der Waals surface area contributed by atoms with Gasteiger partial charge in [-0.3, -0.25) is 4.79 Å². The third-order valence-corrected chi connectivity index (χ3v) is 3.00. The molecule has 0 amide bonds. The summed E-state index contributed by atoms with van der Waals surface area (Å²) in [6, 6.07) is 3.39. The van der Waals surface area contributed by atoms with Gasteiger partial charge in [0, 0.05) is 17.1 Å². The molecule has 18 heavy (non-hydrogen) atoms. The van der Waals surface area contributed by atoms with E-state index < -0.39 is 11.6 Å². The van der Waals surface area contributed by atoms with Gasteiger partial charge < -0.3 is 15.3 Å². The van der Waals surface area contributed by atoms with Crippen LogP contribution in [0.1, 0.15) is 16.7 Å². The molecule has 0 atom stereocenters. The Kier molecular flexibility index (Phi) is 2.82. The van der Waals surface area contributed by atoms with E-state index in [0.717, 1.165) is 10.9 Å². The van der Waals surface area contributed by atoms with Gasteiger partial charge in [0.05, 0.1) is 12.0 Å². The Hall–Kier alpha value is -2.30. The third-order valence-electron chi connectivity index (χ3n) is 3.00. The van der Waals surface area contributed by atoms with Gasteiger partial charge in [0.15, 0.2) is 0 Å². The zero-order valence-corrected chi connectivity index (χ0v) is 10.1. The molecule has 0 fully saturated rings. The lowest BCUT2D eigenvalue weighted by molar-refractivity contribution is -0.136. The molecule has 1 heterocycles. The molecule has 0 aliphatic rings. The molecule has 0 spiro atoms. The van der Waals surface area contributed by atoms with Gasteiger partial charge in [-0.05, 0) is 31.0 Å². The molecule has 94 valence electrons. The molecule has 0 aliphatic carbocycles. The third kappa shape index (κ3) is 1.95. The lowest BCUT2D eigenvalue weighted by atomic mass is 10.0. The summed E-state index contributed by atoms with van der Waals surface area (Å²) in [6.45, 7) is 3.56. The fourth-order valence-corrected chi connectivity index (χ4v) is 1.91. The van der Waals surface area contributed by atoms with Crippen LogP contribution in [-0.4, -0.2) is 11.1 Å². The topological polar surface area (TPSA) is 93.5 Å². The summed E-state index contributed by atoms with van der Waals surface area (Å²) < 4.78 is 5.11. The van der Waals surface area contributed by atoms with Crippen molar-refractivity contribution in [3.8, 4) is 0 Å². The first-order valence-corrected chi connectivity index (χ1v) is 5.44. The van der Waals surface area contributed by atoms with Gasteiger partial charge in [-0.1, -0.05) is 0 Å². The maximum Gasteiger partial charge on any atom is 0.340 e. The van der Waals surface area contributed by atoms with Crippen LogP contribution >= 0.6 is 0 Å². The molecular formula is C13H13NO4. The van der Waals surface area contributed by atoms with Crippen LogP contribution in [0.3, 0.4) is 0 Å². The van der Waals surface area contributed by atoms with Crippen LogP contribution in [0.4, 0.5) is 5.69 Å². The molecule has 0 bridgehead atoms. The highest BCUT2D eigenvalue weighted by Gasteiger charge is 2.14. The summed E-state index contributed by atoms with van der Waals surface area (Å²) in [5.74, 6) is -1.06. The van der Waals surface area contributed by atoms with Crippen LogP contribution < -0.4 is 11.4 Å². The van der Waals surface area contributed by atoms with Gasteiger partial charge in [0.1, 0.15) is 5.58 Å². The number of rotatable bonds is 2. The van der Waals surface area contributed by atoms with Crippen molar-refractivity contribution in [2.24, 2.45) is 0 Å². The monoisotopic (exact) mass is 247 g/mol. The minimum absolute atomic E-state index is 0.180. The molecule has 0 radical (unpaired) electrons. The van der Waals surface area contributed by atoms with E-state index in [1.54, 1.807) is 19.1 Å². The van der Waals surface area contributed by atoms with Crippen LogP contribution in [0.25, 0.3) is 11.0 Å². The second-order valence-electron chi connectivity index (χ2n) is 4.27. The smallest absolute Gasteiger partial charge is 0.340 e. The number of anilines is 1. The minimum atomic E-state index is -1.06. The standard InChI is InChI=1S/C13H13NO4/c1-6-3-8-7(2)9(4-12(15)16)13(17)18-11(8)5-10(6)14/h3,5H,4,14H2,1-2H3,(H,15,16). The fourth-order valence-electron chi connectivity index (χ4n) is 1.91. The normalized spacial score (nSPS) is 10.8. The highest BCUT2D eigenvalue weighted by atomic mass is 16.4. The predicted octanol–water partition coefficient (Wildman–Crippen LogP) is 1.62. The van der Waals surface area contributed by atoms with Crippen molar-refractivity contribution < 1.29 is 14.3 Å². The van der Waals surface area contributed by atoms with Gasteiger partial charge in [-0.25, -0.2) is 4.79 Å². The first-order chi connectivity index (χ1) is 8.40. The Balaban J connectivity index is 2.80. The van der Waals surface area contributed by atoms with E-state index in [1.165, 1.54) is 0 Å². The minimum Gasteiger partial charge on any atom is -0.481 e. The molecule has 0 aliphatic heterocycles. The maximum absolute atomic E-state index is 11.7. The van der Waals surface area contributed by atoms with E-state index in [4.69, 9.17) is 15.3 Å². The summed E-state index contributed by atoms with van der Waals surface area (Å²) in [5, 5.41) is 9.51. The fraction of sp³-hybridized carbons (Fsp3) is 0.231. The van der Waals surface area contributed by atoms with Crippen LogP contribution in [0.2, 0.25) is 0 Å². The molecule has 3 N–H and O–H groups in total. The van der Waals surface area contributed by atoms with E-state index in [-0.39, 0.29) is 12.0 Å². The van der Waals surface area contributed by atoms with Crippen LogP contribution in [0, 0.1) is 13.8 Å². The summed E-state index contributed by atoms with van der Waals surface area (Å²) in [4.78, 5) is 22.4. The predicted molar refractivity (Wildman–Crippen MR) is 67.7 cm³/mol. The first kappa shape index (κ1) is 12.2. The van der Waals surface area contributed by atoms with Crippen LogP contribution in [0.15, 0.2) is 21.3 Å². The van der Waals surface area contributed by atoms with E-state index in [1.807, 2.05) is 6.92 Å². The second-order valence-corrected chi connectivity index (χ2v) is 4.27. The van der Waals surface area contributed by atoms with E-state index in [0.29, 0.717) is 16.8 Å². The number of nitrogen functional groups attached to an aromatic ring is 1. The molecule has 1 aromatic heterocycles. The highest BCUT2D eigenvalue weighted by Crippen LogP contribution is 2.24. The maximum atomic E-state index is 11.7. The average molecular weight is 247 g/mol. The average Bonchev–Trinajstić information content (AvgIpc) is 2.27. The zero-order chi connectivity index (χ0) is 13.4. The summed E-state index contributed by atoms with van der Waals surface area (Å²) in [7, 11) is 0. The molecular weight excluding hydrogens is 234 g/mol. The van der Waals surface area contributed by atoms with Crippen molar-refractivity contribution in [1.29, 1.82) is 0 Å². The number of hydrogen-bond acceptors (Lipinski definition) is 4. The van der Waals surface area contributed by atoms with Gasteiger partial charge >= 0.3 is 11.6 Å². The number of carbonyl (C=O) groups is 1. The van der Waals surface area contributed by atoms with E-state index >= 15 is 0 Å². The molecule has 2 aromatic rings. The molecule has 2 rings (SSSR count).